The summed E-state index contributed by atoms with van der Waals surface area (Å²) in [6, 6.07) is 0. The van der Waals surface area contributed by atoms with E-state index >= 15 is 0 Å². The highest BCUT2D eigenvalue weighted by atomic mass is 31.2. The van der Waals surface area contributed by atoms with Crippen LogP contribution in [-0.2, 0) is 55.8 Å². The fraction of sp³-hybridized carbons (Fsp3) is 0.792. The standard InChI is InChI=1S/C101H182O16P2/c1-4-7-10-13-16-19-22-25-28-30-32-34-36-38-40-42-44-46-47-49-51-52-54-56-58-60-62-64-67-69-72-75-78-81-84-87-99(104)111-90-96(102)91-113-118(107,108)114-92-97(103)93-115-119(109,110)116-95-98(117-101(106)89-86-83-80-77-74-71-66-27-24-21-18-15-12-9-6-3)94-112-100(105)88-85-82-79-76-73-70-68-65-63-61-59-57-55-53-50-48-45-43-41-39-37-35-33-31-29-26-23-20-17-14-11-8-5-2/h8,11,16-17,19-20,25-26,28-29,32-35,38-41,96-98,102-103H,4-7,9-10,12-15,18,21-24,27,30-31,36-37,42-95H2,1-3H3,(H,107,108)(H,109,110)/b11-8-,19-16-,20-17-,28-25-,29-26-,34-32-,35-33-,40-38-,41-39-. The second kappa shape index (κ2) is 93.4. The Morgan fingerprint density at radius 2 is 0.445 bits per heavy atom. The van der Waals surface area contributed by atoms with Crippen molar-refractivity contribution in [2.45, 2.75) is 476 Å². The molecule has 0 aromatic heterocycles. The predicted octanol–water partition coefficient (Wildman–Crippen LogP) is 30.6. The first kappa shape index (κ1) is 115. The first-order valence-electron chi connectivity index (χ1n) is 49.2. The van der Waals surface area contributed by atoms with Crippen molar-refractivity contribution in [2.75, 3.05) is 39.6 Å². The molecular formula is C101H182O16P2. The molecule has 5 atom stereocenters. The fourth-order valence-corrected chi connectivity index (χ4v) is 15.6. The number of ether oxygens (including phenoxy) is 3. The smallest absolute Gasteiger partial charge is 0.463 e. The van der Waals surface area contributed by atoms with Gasteiger partial charge in [-0.2, -0.15) is 0 Å². The number of phosphoric ester groups is 2. The summed E-state index contributed by atoms with van der Waals surface area (Å²) in [7, 11) is -9.79. The maximum Gasteiger partial charge on any atom is 0.472 e. The molecule has 0 aliphatic rings. The van der Waals surface area contributed by atoms with Crippen molar-refractivity contribution in [3.8, 4) is 0 Å². The molecule has 0 bridgehead atoms. The van der Waals surface area contributed by atoms with Gasteiger partial charge in [0.05, 0.1) is 26.4 Å². The highest BCUT2D eigenvalue weighted by molar-refractivity contribution is 7.47. The van der Waals surface area contributed by atoms with Gasteiger partial charge in [-0.1, -0.05) is 438 Å². The summed E-state index contributed by atoms with van der Waals surface area (Å²) in [5.74, 6) is -1.54. The van der Waals surface area contributed by atoms with E-state index < -0.39 is 91.5 Å². The maximum absolute atomic E-state index is 13.0. The Bertz CT molecular complexity index is 2590. The molecule has 0 saturated carbocycles. The summed E-state index contributed by atoms with van der Waals surface area (Å²) < 4.78 is 61.5. The average Bonchev–Trinajstić information content (AvgIpc) is 0.900. The molecule has 0 fully saturated rings. The lowest BCUT2D eigenvalue weighted by molar-refractivity contribution is -0.161. The van der Waals surface area contributed by atoms with E-state index in [-0.39, 0.29) is 19.3 Å². The van der Waals surface area contributed by atoms with E-state index in [1.807, 2.05) is 0 Å². The third kappa shape index (κ3) is 94.7. The van der Waals surface area contributed by atoms with Crippen LogP contribution in [0.2, 0.25) is 0 Å². The van der Waals surface area contributed by atoms with Crippen LogP contribution in [0, 0.1) is 0 Å². The molecule has 0 aromatic rings. The molecule has 0 radical (unpaired) electrons. The highest BCUT2D eigenvalue weighted by Crippen LogP contribution is 2.45. The van der Waals surface area contributed by atoms with Crippen LogP contribution in [-0.4, -0.2) is 95.9 Å². The van der Waals surface area contributed by atoms with Crippen LogP contribution in [0.25, 0.3) is 0 Å². The highest BCUT2D eigenvalue weighted by Gasteiger charge is 2.30. The van der Waals surface area contributed by atoms with Crippen LogP contribution in [0.1, 0.15) is 457 Å². The van der Waals surface area contributed by atoms with Crippen LogP contribution in [0.15, 0.2) is 109 Å². The average molecular weight is 1710 g/mol. The van der Waals surface area contributed by atoms with E-state index in [2.05, 4.69) is 130 Å². The minimum atomic E-state index is -4.93. The van der Waals surface area contributed by atoms with E-state index in [0.29, 0.717) is 19.3 Å². The molecule has 18 heteroatoms. The quantitative estimate of drug-likeness (QED) is 0.0146. The number of unbranched alkanes of at least 4 members (excludes halogenated alkanes) is 53. The first-order chi connectivity index (χ1) is 58.2. The number of rotatable bonds is 94. The monoisotopic (exact) mass is 1710 g/mol. The van der Waals surface area contributed by atoms with Gasteiger partial charge >= 0.3 is 33.6 Å². The number of carbonyl (C=O) groups excluding carboxylic acids is 3. The molecule has 16 nitrogen and oxygen atoms in total. The molecule has 0 rings (SSSR count). The number of hydrogen-bond acceptors (Lipinski definition) is 14. The molecule has 119 heavy (non-hydrogen) atoms. The van der Waals surface area contributed by atoms with E-state index in [1.54, 1.807) is 0 Å². The minimum Gasteiger partial charge on any atom is -0.463 e. The van der Waals surface area contributed by atoms with E-state index in [1.165, 1.54) is 283 Å². The Labute approximate surface area is 730 Å². The Kier molecular flexibility index (Phi) is 90.4. The normalized spacial score (nSPS) is 14.2. The number of aliphatic hydroxyl groups excluding tert-OH is 2. The third-order valence-corrected chi connectivity index (χ3v) is 23.4. The van der Waals surface area contributed by atoms with Crippen LogP contribution in [0.5, 0.6) is 0 Å². The Morgan fingerprint density at radius 3 is 0.723 bits per heavy atom. The fourth-order valence-electron chi connectivity index (χ4n) is 14.1. The number of aliphatic hydroxyl groups is 2. The van der Waals surface area contributed by atoms with Crippen molar-refractivity contribution in [1.29, 1.82) is 0 Å². The molecular weight excluding hydrogens is 1530 g/mol. The maximum atomic E-state index is 13.0. The van der Waals surface area contributed by atoms with Gasteiger partial charge in [0.15, 0.2) is 6.10 Å². The van der Waals surface area contributed by atoms with Gasteiger partial charge in [0.1, 0.15) is 25.4 Å². The van der Waals surface area contributed by atoms with Crippen molar-refractivity contribution >= 4 is 33.6 Å². The van der Waals surface area contributed by atoms with Crippen molar-refractivity contribution in [1.82, 2.24) is 0 Å². The lowest BCUT2D eigenvalue weighted by Gasteiger charge is -2.21. The second-order valence-corrected chi connectivity index (χ2v) is 36.1. The molecule has 0 aliphatic carbocycles. The van der Waals surface area contributed by atoms with Crippen LogP contribution in [0.4, 0.5) is 0 Å². The lowest BCUT2D eigenvalue weighted by Crippen LogP contribution is -2.30. The second-order valence-electron chi connectivity index (χ2n) is 33.2. The molecule has 0 aliphatic heterocycles. The van der Waals surface area contributed by atoms with Crippen molar-refractivity contribution in [2.24, 2.45) is 0 Å². The number of allylic oxidation sites excluding steroid dienone is 18. The van der Waals surface area contributed by atoms with Gasteiger partial charge in [-0.3, -0.25) is 32.5 Å². The summed E-state index contributed by atoms with van der Waals surface area (Å²) in [6.07, 6.45) is 115. The molecule has 5 unspecified atom stereocenters. The van der Waals surface area contributed by atoms with Gasteiger partial charge in [-0.25, -0.2) is 9.13 Å². The van der Waals surface area contributed by atoms with Gasteiger partial charge in [0, 0.05) is 19.3 Å². The van der Waals surface area contributed by atoms with Crippen LogP contribution in [0.3, 0.4) is 0 Å². The zero-order chi connectivity index (χ0) is 86.5. The molecule has 0 saturated heterocycles. The Hall–Kier alpha value is -3.79. The minimum absolute atomic E-state index is 0.111. The van der Waals surface area contributed by atoms with E-state index in [9.17, 15) is 43.5 Å². The van der Waals surface area contributed by atoms with Crippen LogP contribution < -0.4 is 0 Å². The first-order valence-corrected chi connectivity index (χ1v) is 52.2. The molecule has 0 spiro atoms. The number of phosphoric acid groups is 2. The largest absolute Gasteiger partial charge is 0.472 e. The molecule has 0 amide bonds. The Balaban J connectivity index is 4.38. The molecule has 0 aromatic carbocycles. The number of carbonyl (C=O) groups is 3. The van der Waals surface area contributed by atoms with Crippen LogP contribution >= 0.6 is 15.6 Å². The summed E-state index contributed by atoms with van der Waals surface area (Å²) in [5.41, 5.74) is 0. The van der Waals surface area contributed by atoms with Gasteiger partial charge in [-0.05, 0) is 109 Å². The van der Waals surface area contributed by atoms with Crippen molar-refractivity contribution < 1.29 is 75.8 Å². The summed E-state index contributed by atoms with van der Waals surface area (Å²) >= 11 is 0. The molecule has 0 heterocycles. The summed E-state index contributed by atoms with van der Waals surface area (Å²) in [6.45, 7) is 2.64. The lowest BCUT2D eigenvalue weighted by atomic mass is 10.0. The Morgan fingerprint density at radius 1 is 0.244 bits per heavy atom. The van der Waals surface area contributed by atoms with Gasteiger partial charge in [0.2, 0.25) is 0 Å². The van der Waals surface area contributed by atoms with E-state index in [4.69, 9.17) is 32.3 Å². The summed E-state index contributed by atoms with van der Waals surface area (Å²) in [5, 5.41) is 20.7. The SMILES string of the molecule is CC/C=C\C/C=C\C/C=C\C/C=C\C/C=C\CCCCCCCCCCCCCCCCCCCC(=O)OCC(COP(=O)(O)OCC(O)COP(=O)(O)OCC(O)COC(=O)CCCCCCCCCCCCCCCCCCCCC/C=C\C/C=C\C/C=C\C/C=C\CCCCC)OC(=O)CCCCCCCCCCCCCCCCC. The van der Waals surface area contributed by atoms with Crippen molar-refractivity contribution in [3.63, 3.8) is 0 Å². The molecule has 692 valence electrons. The van der Waals surface area contributed by atoms with Gasteiger partial charge in [-0.15, -0.1) is 0 Å². The van der Waals surface area contributed by atoms with E-state index in [0.717, 1.165) is 116 Å². The van der Waals surface area contributed by atoms with Gasteiger partial charge in [0.25, 0.3) is 0 Å². The topological polar surface area (TPSA) is 231 Å². The molecule has 4 N–H and O–H groups in total. The predicted molar refractivity (Wildman–Crippen MR) is 501 cm³/mol. The zero-order valence-corrected chi connectivity index (χ0v) is 78.3. The number of esters is 3. The summed E-state index contributed by atoms with van der Waals surface area (Å²) in [4.78, 5) is 59.0. The third-order valence-electron chi connectivity index (χ3n) is 21.5. The van der Waals surface area contributed by atoms with Gasteiger partial charge < -0.3 is 34.2 Å². The zero-order valence-electron chi connectivity index (χ0n) is 76.5. The van der Waals surface area contributed by atoms with Crippen molar-refractivity contribution in [3.05, 3.63) is 109 Å². The number of hydrogen-bond donors (Lipinski definition) is 4.